The van der Waals surface area contributed by atoms with Crippen molar-refractivity contribution in [3.63, 3.8) is 0 Å². The molecule has 5 nitrogen and oxygen atoms in total. The number of nitrogens with zero attached hydrogens (tertiary/aromatic N) is 1. The Labute approximate surface area is 131 Å². The number of carbonyl (C=O) groups excluding carboxylic acids is 2. The third-order valence-corrected chi connectivity index (χ3v) is 2.76. The van der Waals surface area contributed by atoms with Crippen LogP contribution in [0.25, 0.3) is 6.08 Å². The highest BCUT2D eigenvalue weighted by atomic mass is 19.4. The molecule has 0 aliphatic heterocycles. The molecule has 0 radical (unpaired) electrons. The fourth-order valence-corrected chi connectivity index (χ4v) is 1.44. The number of ether oxygens (including phenoxy) is 1. The number of anilines is 1. The van der Waals surface area contributed by atoms with Crippen LogP contribution in [0.4, 0.5) is 19.0 Å². The molecule has 0 unspecified atom stereocenters. The molecule has 1 N–H and O–H groups in total. The number of methoxy groups -OCH3 is 1. The van der Waals surface area contributed by atoms with Crippen LogP contribution in [-0.4, -0.2) is 24.0 Å². The summed E-state index contributed by atoms with van der Waals surface area (Å²) in [6, 6.07) is 0.723. The second-order valence-corrected chi connectivity index (χ2v) is 5.72. The summed E-state index contributed by atoms with van der Waals surface area (Å²) in [5.74, 6) is -1.47. The number of hydrogen-bond acceptors (Lipinski definition) is 4. The number of amides is 1. The Kier molecular flexibility index (Phi) is 5.52. The maximum Gasteiger partial charge on any atom is 0.417 e. The van der Waals surface area contributed by atoms with Crippen LogP contribution in [0.1, 0.15) is 31.9 Å². The van der Waals surface area contributed by atoms with Gasteiger partial charge < -0.3 is 10.1 Å². The Morgan fingerprint density at radius 3 is 2.35 bits per heavy atom. The van der Waals surface area contributed by atoms with Gasteiger partial charge in [-0.3, -0.25) is 4.79 Å². The minimum absolute atomic E-state index is 0.215. The molecule has 1 aromatic rings. The number of rotatable bonds is 3. The second-order valence-electron chi connectivity index (χ2n) is 5.72. The van der Waals surface area contributed by atoms with Crippen LogP contribution < -0.4 is 5.32 Å². The van der Waals surface area contributed by atoms with Crippen LogP contribution in [0.5, 0.6) is 0 Å². The van der Waals surface area contributed by atoms with Crippen LogP contribution in [0.2, 0.25) is 0 Å². The summed E-state index contributed by atoms with van der Waals surface area (Å²) in [4.78, 5) is 26.6. The highest BCUT2D eigenvalue weighted by molar-refractivity contribution is 5.94. The van der Waals surface area contributed by atoms with E-state index in [-0.39, 0.29) is 11.4 Å². The predicted molar refractivity (Wildman–Crippen MR) is 78.4 cm³/mol. The van der Waals surface area contributed by atoms with Gasteiger partial charge in [-0.2, -0.15) is 13.2 Å². The molecule has 1 aromatic heterocycles. The summed E-state index contributed by atoms with van der Waals surface area (Å²) in [5, 5.41) is 2.33. The summed E-state index contributed by atoms with van der Waals surface area (Å²) in [6.45, 7) is 4.88. The average molecular weight is 330 g/mol. The van der Waals surface area contributed by atoms with Crippen LogP contribution in [0.15, 0.2) is 18.3 Å². The molecule has 0 spiro atoms. The van der Waals surface area contributed by atoms with E-state index in [1.165, 1.54) is 0 Å². The molecule has 0 saturated heterocycles. The number of hydrogen-bond donors (Lipinski definition) is 1. The van der Waals surface area contributed by atoms with Crippen molar-refractivity contribution in [3.05, 3.63) is 29.5 Å². The quantitative estimate of drug-likeness (QED) is 0.682. The molecule has 1 rings (SSSR count). The van der Waals surface area contributed by atoms with Gasteiger partial charge in [-0.15, -0.1) is 0 Å². The number of carbonyl (C=O) groups is 2. The Morgan fingerprint density at radius 2 is 1.87 bits per heavy atom. The molecule has 1 heterocycles. The number of aromatic nitrogens is 1. The molecule has 0 bridgehead atoms. The summed E-state index contributed by atoms with van der Waals surface area (Å²) in [6.07, 6.45) is -1.92. The number of nitrogens with one attached hydrogen (secondary N) is 1. The van der Waals surface area contributed by atoms with Gasteiger partial charge in [-0.05, 0) is 12.1 Å². The van der Waals surface area contributed by atoms with E-state index in [0.717, 1.165) is 31.5 Å². The first-order chi connectivity index (χ1) is 10.4. The number of pyridine rings is 1. The zero-order valence-corrected chi connectivity index (χ0v) is 13.1. The molecular formula is C15H17F3N2O3. The van der Waals surface area contributed by atoms with E-state index in [2.05, 4.69) is 15.0 Å². The van der Waals surface area contributed by atoms with Crippen LogP contribution in [-0.2, 0) is 20.5 Å². The summed E-state index contributed by atoms with van der Waals surface area (Å²) >= 11 is 0. The fraction of sp³-hybridized carbons (Fsp3) is 0.400. The van der Waals surface area contributed by atoms with Crippen molar-refractivity contribution in [2.75, 3.05) is 12.4 Å². The van der Waals surface area contributed by atoms with Crippen molar-refractivity contribution in [2.24, 2.45) is 5.41 Å². The monoisotopic (exact) mass is 330 g/mol. The molecule has 0 aliphatic rings. The third kappa shape index (κ3) is 5.39. The van der Waals surface area contributed by atoms with Crippen molar-refractivity contribution >= 4 is 23.8 Å². The Morgan fingerprint density at radius 1 is 1.26 bits per heavy atom. The van der Waals surface area contributed by atoms with E-state index in [1.807, 2.05) is 0 Å². The predicted octanol–water partition coefficient (Wildman–Crippen LogP) is 3.27. The lowest BCUT2D eigenvalue weighted by Crippen LogP contribution is -2.28. The zero-order chi connectivity index (χ0) is 17.8. The van der Waals surface area contributed by atoms with Crippen molar-refractivity contribution in [3.8, 4) is 0 Å². The van der Waals surface area contributed by atoms with Crippen molar-refractivity contribution in [2.45, 2.75) is 26.9 Å². The van der Waals surface area contributed by atoms with E-state index >= 15 is 0 Å². The van der Waals surface area contributed by atoms with Crippen molar-refractivity contribution in [1.82, 2.24) is 4.98 Å². The smallest absolute Gasteiger partial charge is 0.417 e. The summed E-state index contributed by atoms with van der Waals surface area (Å²) in [5.41, 5.74) is -2.10. The molecule has 126 valence electrons. The van der Waals surface area contributed by atoms with Gasteiger partial charge in [0.15, 0.2) is 0 Å². The molecule has 0 saturated carbocycles. The number of halogens is 3. The average Bonchev–Trinajstić information content (AvgIpc) is 2.43. The molecular weight excluding hydrogens is 313 g/mol. The van der Waals surface area contributed by atoms with Crippen LogP contribution in [0.3, 0.4) is 0 Å². The first kappa shape index (κ1) is 18.7. The highest BCUT2D eigenvalue weighted by Gasteiger charge is 2.34. The Hall–Kier alpha value is -2.38. The zero-order valence-electron chi connectivity index (χ0n) is 13.1. The second kappa shape index (κ2) is 6.80. The lowest BCUT2D eigenvalue weighted by atomic mass is 9.96. The van der Waals surface area contributed by atoms with Crippen LogP contribution in [0, 0.1) is 5.41 Å². The van der Waals surface area contributed by atoms with E-state index in [9.17, 15) is 22.8 Å². The minimum Gasteiger partial charge on any atom is -0.466 e. The number of alkyl halides is 3. The van der Waals surface area contributed by atoms with E-state index in [0.29, 0.717) is 0 Å². The molecule has 0 atom stereocenters. The largest absolute Gasteiger partial charge is 0.466 e. The lowest BCUT2D eigenvalue weighted by molar-refractivity contribution is -0.138. The fourth-order valence-electron chi connectivity index (χ4n) is 1.44. The Bertz CT molecular complexity index is 632. The summed E-state index contributed by atoms with van der Waals surface area (Å²) < 4.78 is 43.7. The van der Waals surface area contributed by atoms with E-state index in [4.69, 9.17) is 0 Å². The normalized spacial score (nSPS) is 12.3. The first-order valence-corrected chi connectivity index (χ1v) is 6.60. The maximum atomic E-state index is 13.1. The van der Waals surface area contributed by atoms with Gasteiger partial charge in [-0.25, -0.2) is 9.78 Å². The molecule has 0 aliphatic carbocycles. The third-order valence-electron chi connectivity index (χ3n) is 2.76. The van der Waals surface area contributed by atoms with E-state index < -0.39 is 29.0 Å². The molecule has 23 heavy (non-hydrogen) atoms. The highest BCUT2D eigenvalue weighted by Crippen LogP contribution is 2.34. The maximum absolute atomic E-state index is 13.1. The van der Waals surface area contributed by atoms with Crippen molar-refractivity contribution in [1.29, 1.82) is 0 Å². The molecule has 8 heteroatoms. The molecule has 0 fully saturated rings. The topological polar surface area (TPSA) is 68.3 Å². The van der Waals surface area contributed by atoms with Gasteiger partial charge in [0.25, 0.3) is 0 Å². The first-order valence-electron chi connectivity index (χ1n) is 6.60. The van der Waals surface area contributed by atoms with Gasteiger partial charge in [0.05, 0.1) is 12.7 Å². The van der Waals surface area contributed by atoms with Crippen molar-refractivity contribution < 1.29 is 27.5 Å². The van der Waals surface area contributed by atoms with Gasteiger partial charge >= 0.3 is 12.1 Å². The van der Waals surface area contributed by atoms with Gasteiger partial charge in [0, 0.05) is 23.3 Å². The minimum atomic E-state index is -4.67. The molecule has 0 aromatic carbocycles. The van der Waals surface area contributed by atoms with E-state index in [1.54, 1.807) is 20.8 Å². The number of esters is 1. The summed E-state index contributed by atoms with van der Waals surface area (Å²) in [7, 11) is 1.11. The standard InChI is InChI=1S/C15H17F3N2O3/c1-14(2,3)13(22)20-11-7-10(15(16,17)18)9(8-19-11)5-6-12(21)23-4/h5-8H,1-4H3,(H,19,20,22). The Balaban J connectivity index is 3.19. The van der Waals surface area contributed by atoms with Gasteiger partial charge in [0.1, 0.15) is 5.82 Å². The van der Waals surface area contributed by atoms with Crippen LogP contribution >= 0.6 is 0 Å². The van der Waals surface area contributed by atoms with Gasteiger partial charge in [0.2, 0.25) is 5.91 Å². The lowest BCUT2D eigenvalue weighted by Gasteiger charge is -2.18. The molecule has 1 amide bonds. The SMILES string of the molecule is COC(=O)C=Cc1cnc(NC(=O)C(C)(C)C)cc1C(F)(F)F. The van der Waals surface area contributed by atoms with Gasteiger partial charge in [-0.1, -0.05) is 20.8 Å².